The molecule has 1 heterocycles. The summed E-state index contributed by atoms with van der Waals surface area (Å²) in [6, 6.07) is 6.76. The fraction of sp³-hybridized carbons (Fsp3) is 0.440. The van der Waals surface area contributed by atoms with Crippen molar-refractivity contribution in [2.24, 2.45) is 5.92 Å². The van der Waals surface area contributed by atoms with Crippen LogP contribution < -0.4 is 19.5 Å². The molecule has 0 radical (unpaired) electrons. The second kappa shape index (κ2) is 13.5. The van der Waals surface area contributed by atoms with E-state index < -0.39 is 60.5 Å². The van der Waals surface area contributed by atoms with Crippen molar-refractivity contribution in [1.29, 1.82) is 0 Å². The van der Waals surface area contributed by atoms with Crippen LogP contribution in [0.3, 0.4) is 0 Å². The van der Waals surface area contributed by atoms with Crippen molar-refractivity contribution < 1.29 is 51.2 Å². The number of aromatic nitrogens is 1. The number of nitrogens with one attached hydrogen (secondary N) is 1. The zero-order valence-electron chi connectivity index (χ0n) is 21.4. The number of rotatable bonds is 12. The number of para-hydroxylation sites is 1. The number of amides is 1. The first-order valence-electron chi connectivity index (χ1n) is 11.4. The summed E-state index contributed by atoms with van der Waals surface area (Å²) >= 11 is 0. The van der Waals surface area contributed by atoms with Crippen molar-refractivity contribution in [3.05, 3.63) is 48.3 Å². The summed E-state index contributed by atoms with van der Waals surface area (Å²) in [7, 11) is 1.22. The Morgan fingerprint density at radius 2 is 1.71 bits per heavy atom. The average Bonchev–Trinajstić information content (AvgIpc) is 2.85. The van der Waals surface area contributed by atoms with Crippen molar-refractivity contribution in [3.8, 4) is 17.2 Å². The first kappa shape index (κ1) is 30.2. The van der Waals surface area contributed by atoms with E-state index in [4.69, 9.17) is 18.9 Å². The summed E-state index contributed by atoms with van der Waals surface area (Å²) in [4.78, 5) is 40.2. The fourth-order valence-electron chi connectivity index (χ4n) is 3.29. The van der Waals surface area contributed by atoms with Crippen LogP contribution in [0.2, 0.25) is 0 Å². The van der Waals surface area contributed by atoms with Gasteiger partial charge in [0.1, 0.15) is 18.0 Å². The maximum atomic E-state index is 13.9. The van der Waals surface area contributed by atoms with E-state index in [0.717, 1.165) is 13.1 Å². The SMILES string of the molecule is COc1ccnc(C(=O)NC(C(=O)O[C@@H](C)[C@H](Oc2ccccc2)C(C)C)C(F)(F)F)c1OCOC(C)=O. The largest absolute Gasteiger partial charge is 0.493 e. The third-order valence-corrected chi connectivity index (χ3v) is 5.04. The molecule has 10 nitrogen and oxygen atoms in total. The lowest BCUT2D eigenvalue weighted by Gasteiger charge is -2.30. The smallest absolute Gasteiger partial charge is 0.419 e. The van der Waals surface area contributed by atoms with Gasteiger partial charge >= 0.3 is 18.1 Å². The summed E-state index contributed by atoms with van der Waals surface area (Å²) in [5.41, 5.74) is -0.640. The Morgan fingerprint density at radius 3 is 2.26 bits per heavy atom. The highest BCUT2D eigenvalue weighted by Crippen LogP contribution is 2.30. The van der Waals surface area contributed by atoms with Gasteiger partial charge in [0.25, 0.3) is 5.91 Å². The van der Waals surface area contributed by atoms with Crippen molar-refractivity contribution in [2.75, 3.05) is 13.9 Å². The summed E-state index contributed by atoms with van der Waals surface area (Å²) in [5, 5.41) is 1.60. The second-order valence-corrected chi connectivity index (χ2v) is 8.32. The molecule has 13 heteroatoms. The second-order valence-electron chi connectivity index (χ2n) is 8.32. The topological polar surface area (TPSA) is 122 Å². The summed E-state index contributed by atoms with van der Waals surface area (Å²) in [5.74, 6) is -4.12. The Labute approximate surface area is 217 Å². The number of hydrogen-bond acceptors (Lipinski definition) is 9. The molecule has 3 atom stereocenters. The molecule has 0 saturated heterocycles. The van der Waals surface area contributed by atoms with Gasteiger partial charge in [0.05, 0.1) is 7.11 Å². The average molecular weight is 543 g/mol. The van der Waals surface area contributed by atoms with E-state index >= 15 is 0 Å². The Morgan fingerprint density at radius 1 is 1.05 bits per heavy atom. The molecule has 1 amide bonds. The summed E-state index contributed by atoms with van der Waals surface area (Å²) in [6.45, 7) is 5.34. The van der Waals surface area contributed by atoms with Crippen LogP contribution in [-0.4, -0.2) is 61.2 Å². The van der Waals surface area contributed by atoms with Crippen molar-refractivity contribution in [3.63, 3.8) is 0 Å². The minimum Gasteiger partial charge on any atom is -0.493 e. The van der Waals surface area contributed by atoms with E-state index in [9.17, 15) is 27.6 Å². The molecule has 0 spiro atoms. The zero-order chi connectivity index (χ0) is 28.5. The van der Waals surface area contributed by atoms with Crippen molar-refractivity contribution in [2.45, 2.75) is 52.1 Å². The molecular formula is C25H29F3N2O8. The molecule has 1 aromatic heterocycles. The first-order valence-corrected chi connectivity index (χ1v) is 11.4. The standard InChI is InChI=1S/C25H29F3N2O8/c1-14(2)20(38-17-9-7-6-8-10-17)15(3)37-24(33)22(25(26,27)28)30-23(32)19-21(36-13-35-16(4)31)18(34-5)11-12-29-19/h6-12,14-15,20,22H,13H2,1-5H3,(H,30,32)/t15-,20+,22?/m0/s1. The number of alkyl halides is 3. The van der Waals surface area contributed by atoms with Crippen LogP contribution in [0.5, 0.6) is 17.2 Å². The van der Waals surface area contributed by atoms with Crippen molar-refractivity contribution >= 4 is 17.8 Å². The molecular weight excluding hydrogens is 513 g/mol. The Balaban J connectivity index is 2.24. The molecule has 38 heavy (non-hydrogen) atoms. The van der Waals surface area contributed by atoms with Crippen LogP contribution in [0.1, 0.15) is 38.2 Å². The lowest BCUT2D eigenvalue weighted by atomic mass is 10.0. The number of carbonyl (C=O) groups is 3. The zero-order valence-corrected chi connectivity index (χ0v) is 21.4. The number of carbonyl (C=O) groups excluding carboxylic acids is 3. The molecule has 0 aliphatic heterocycles. The van der Waals surface area contributed by atoms with Crippen LogP contribution in [0.4, 0.5) is 13.2 Å². The Kier molecular flexibility index (Phi) is 10.7. The summed E-state index contributed by atoms with van der Waals surface area (Å²) in [6.07, 6.45) is -6.02. The van der Waals surface area contributed by atoms with E-state index in [1.165, 1.54) is 20.1 Å². The van der Waals surface area contributed by atoms with Gasteiger partial charge in [0.15, 0.2) is 17.2 Å². The fourth-order valence-corrected chi connectivity index (χ4v) is 3.29. The highest BCUT2D eigenvalue weighted by Gasteiger charge is 2.48. The Bertz CT molecular complexity index is 1100. The van der Waals surface area contributed by atoms with Gasteiger partial charge in [-0.1, -0.05) is 32.0 Å². The van der Waals surface area contributed by atoms with E-state index in [0.29, 0.717) is 5.75 Å². The predicted molar refractivity (Wildman–Crippen MR) is 127 cm³/mol. The van der Waals surface area contributed by atoms with E-state index in [1.807, 2.05) is 0 Å². The van der Waals surface area contributed by atoms with Crippen LogP contribution in [0.15, 0.2) is 42.6 Å². The molecule has 0 saturated carbocycles. The minimum absolute atomic E-state index is 0.0742. The molecule has 1 aromatic carbocycles. The number of methoxy groups -OCH3 is 1. The number of benzene rings is 1. The van der Waals surface area contributed by atoms with Gasteiger partial charge in [0.2, 0.25) is 12.8 Å². The number of esters is 2. The van der Waals surface area contributed by atoms with E-state index in [2.05, 4.69) is 9.72 Å². The number of hydrogen-bond donors (Lipinski definition) is 1. The number of ether oxygens (including phenoxy) is 5. The quantitative estimate of drug-likeness (QED) is 0.316. The lowest BCUT2D eigenvalue weighted by molar-refractivity contribution is -0.189. The van der Waals surface area contributed by atoms with Gasteiger partial charge in [-0.3, -0.25) is 9.59 Å². The third-order valence-electron chi connectivity index (χ3n) is 5.04. The van der Waals surface area contributed by atoms with Gasteiger partial charge in [-0.15, -0.1) is 0 Å². The van der Waals surface area contributed by atoms with E-state index in [1.54, 1.807) is 49.5 Å². The normalized spacial score (nSPS) is 13.6. The molecule has 2 rings (SSSR count). The van der Waals surface area contributed by atoms with Crippen LogP contribution in [0.25, 0.3) is 0 Å². The lowest BCUT2D eigenvalue weighted by Crippen LogP contribution is -2.53. The minimum atomic E-state index is -5.21. The third kappa shape index (κ3) is 8.53. The van der Waals surface area contributed by atoms with Crippen LogP contribution in [0, 0.1) is 5.92 Å². The van der Waals surface area contributed by atoms with Crippen molar-refractivity contribution in [1.82, 2.24) is 10.3 Å². The summed E-state index contributed by atoms with van der Waals surface area (Å²) < 4.78 is 67.4. The maximum Gasteiger partial charge on any atom is 0.419 e. The predicted octanol–water partition coefficient (Wildman–Crippen LogP) is 3.69. The molecule has 0 fully saturated rings. The maximum absolute atomic E-state index is 13.9. The molecule has 208 valence electrons. The van der Waals surface area contributed by atoms with Crippen LogP contribution >= 0.6 is 0 Å². The van der Waals surface area contributed by atoms with Gasteiger partial charge in [0, 0.05) is 19.2 Å². The molecule has 2 aromatic rings. The first-order chi connectivity index (χ1) is 17.8. The molecule has 0 bridgehead atoms. The van der Waals surface area contributed by atoms with Crippen LogP contribution in [-0.2, 0) is 19.1 Å². The number of nitrogens with zero attached hydrogens (tertiary/aromatic N) is 1. The molecule has 1 N–H and O–H groups in total. The number of halogens is 3. The van der Waals surface area contributed by atoms with Gasteiger partial charge in [-0.05, 0) is 25.0 Å². The molecule has 1 unspecified atom stereocenters. The molecule has 0 aliphatic carbocycles. The monoisotopic (exact) mass is 542 g/mol. The number of pyridine rings is 1. The Hall–Kier alpha value is -4.03. The van der Waals surface area contributed by atoms with Gasteiger partial charge in [-0.2, -0.15) is 13.2 Å². The molecule has 0 aliphatic rings. The van der Waals surface area contributed by atoms with E-state index in [-0.39, 0.29) is 11.7 Å². The highest BCUT2D eigenvalue weighted by atomic mass is 19.4. The highest BCUT2D eigenvalue weighted by molar-refractivity contribution is 5.98. The van der Waals surface area contributed by atoms with Gasteiger partial charge < -0.3 is 29.0 Å². The van der Waals surface area contributed by atoms with Gasteiger partial charge in [-0.25, -0.2) is 9.78 Å².